The highest BCUT2D eigenvalue weighted by Gasteiger charge is 2.09. The Morgan fingerprint density at radius 1 is 0.950 bits per heavy atom. The van der Waals surface area contributed by atoms with Gasteiger partial charge in [-0.1, -0.05) is 43.0 Å². The van der Waals surface area contributed by atoms with Crippen molar-refractivity contribution in [3.63, 3.8) is 0 Å². The molecule has 4 rings (SSSR count). The Labute approximate surface area is 118 Å². The maximum absolute atomic E-state index is 6.75. The Morgan fingerprint density at radius 3 is 2.45 bits per heavy atom. The minimum absolute atomic E-state index is 0.493. The number of aromatic nitrogens is 2. The molecule has 0 atom stereocenters. The molecule has 20 heavy (non-hydrogen) atoms. The summed E-state index contributed by atoms with van der Waals surface area (Å²) >= 11 is 0. The van der Waals surface area contributed by atoms with Crippen LogP contribution in [0.15, 0.2) is 42.6 Å². The molecule has 0 aliphatic heterocycles. The van der Waals surface area contributed by atoms with Crippen LogP contribution >= 0.6 is 0 Å². The first-order valence-electron chi connectivity index (χ1n) is 6.51. The summed E-state index contributed by atoms with van der Waals surface area (Å²) in [6, 6.07) is 7.75. The Balaban J connectivity index is 0.000000123. The van der Waals surface area contributed by atoms with Crippen molar-refractivity contribution in [1.82, 2.24) is 9.97 Å². The van der Waals surface area contributed by atoms with Gasteiger partial charge in [0, 0.05) is 24.6 Å². The van der Waals surface area contributed by atoms with E-state index in [1.165, 1.54) is 11.3 Å². The fourth-order valence-corrected chi connectivity index (χ4v) is 2.25. The first kappa shape index (κ1) is 12.3. The average molecular weight is 259 g/mol. The molecule has 0 saturated carbocycles. The van der Waals surface area contributed by atoms with Crippen LogP contribution in [0.4, 0.5) is 5.82 Å². The van der Waals surface area contributed by atoms with E-state index < -0.39 is 0 Å². The molecule has 0 saturated heterocycles. The highest BCUT2D eigenvalue weighted by atomic mass is 14.9. The number of allylic oxidation sites excluding steroid dienone is 2. The SMILES string of the molecule is C1=Cc2cccnc2C1.[C-]#[N+]c1ccc2c(n1)CC=C2. The summed E-state index contributed by atoms with van der Waals surface area (Å²) in [6.45, 7) is 6.75. The maximum atomic E-state index is 6.75. The number of hydrogen-bond acceptors (Lipinski definition) is 2. The van der Waals surface area contributed by atoms with Crippen molar-refractivity contribution in [3.05, 3.63) is 76.5 Å². The van der Waals surface area contributed by atoms with E-state index in [0.717, 1.165) is 24.1 Å². The Hall–Kier alpha value is -2.73. The second-order valence-corrected chi connectivity index (χ2v) is 4.57. The van der Waals surface area contributed by atoms with Gasteiger partial charge in [-0.2, -0.15) is 0 Å². The molecule has 2 aliphatic rings. The van der Waals surface area contributed by atoms with Crippen molar-refractivity contribution in [1.29, 1.82) is 0 Å². The topological polar surface area (TPSA) is 30.1 Å². The summed E-state index contributed by atoms with van der Waals surface area (Å²) in [5.41, 5.74) is 4.66. The van der Waals surface area contributed by atoms with E-state index in [4.69, 9.17) is 6.57 Å². The lowest BCUT2D eigenvalue weighted by Crippen LogP contribution is -1.85. The molecule has 3 nitrogen and oxygen atoms in total. The molecule has 0 radical (unpaired) electrons. The largest absolute Gasteiger partial charge is 0.361 e. The van der Waals surface area contributed by atoms with E-state index in [9.17, 15) is 0 Å². The molecule has 2 aromatic heterocycles. The molecule has 0 aromatic carbocycles. The number of fused-ring (bicyclic) bond motifs is 2. The number of nitrogens with zero attached hydrogens (tertiary/aromatic N) is 3. The fourth-order valence-electron chi connectivity index (χ4n) is 2.25. The van der Waals surface area contributed by atoms with Crippen LogP contribution in [0, 0.1) is 6.57 Å². The normalized spacial score (nSPS) is 13.2. The molecule has 0 bridgehead atoms. The van der Waals surface area contributed by atoms with Crippen molar-refractivity contribution in [2.24, 2.45) is 0 Å². The molecule has 0 spiro atoms. The quantitative estimate of drug-likeness (QED) is 0.673. The van der Waals surface area contributed by atoms with Gasteiger partial charge >= 0.3 is 0 Å². The van der Waals surface area contributed by atoms with E-state index in [1.54, 1.807) is 6.07 Å². The number of rotatable bonds is 0. The summed E-state index contributed by atoms with van der Waals surface area (Å²) in [5.74, 6) is 0.493. The van der Waals surface area contributed by atoms with Crippen LogP contribution in [-0.2, 0) is 12.8 Å². The Morgan fingerprint density at radius 2 is 1.70 bits per heavy atom. The molecular weight excluding hydrogens is 246 g/mol. The van der Waals surface area contributed by atoms with Crippen LogP contribution in [0.3, 0.4) is 0 Å². The van der Waals surface area contributed by atoms with Crippen LogP contribution in [0.25, 0.3) is 17.0 Å². The summed E-state index contributed by atoms with van der Waals surface area (Å²) in [5, 5.41) is 0. The lowest BCUT2D eigenvalue weighted by molar-refractivity contribution is 1.13. The van der Waals surface area contributed by atoms with Crippen molar-refractivity contribution in [2.45, 2.75) is 12.8 Å². The van der Waals surface area contributed by atoms with E-state index in [1.807, 2.05) is 24.4 Å². The van der Waals surface area contributed by atoms with Crippen LogP contribution in [0.1, 0.15) is 22.5 Å². The molecule has 3 heteroatoms. The minimum Gasteiger partial charge on any atom is -0.361 e. The first-order chi connectivity index (χ1) is 9.86. The van der Waals surface area contributed by atoms with Gasteiger partial charge in [0.15, 0.2) is 0 Å². The fraction of sp³-hybridized carbons (Fsp3) is 0.118. The standard InChI is InChI=1S/C9H6N2.C8H7N/c1-10-9-6-5-7-3-2-4-8(7)11-9;1-3-7-4-2-6-9-8(7)5-1/h2-3,5-6H,4H2;1-4,6H,5H2. The molecule has 0 amide bonds. The summed E-state index contributed by atoms with van der Waals surface area (Å²) in [7, 11) is 0. The maximum Gasteiger partial charge on any atom is 0.269 e. The molecule has 2 heterocycles. The Kier molecular flexibility index (Phi) is 3.38. The average Bonchev–Trinajstić information content (AvgIpc) is 3.15. The lowest BCUT2D eigenvalue weighted by Gasteiger charge is -1.92. The third kappa shape index (κ3) is 2.50. The second kappa shape index (κ2) is 5.50. The van der Waals surface area contributed by atoms with Crippen LogP contribution in [-0.4, -0.2) is 9.97 Å². The van der Waals surface area contributed by atoms with Crippen LogP contribution in [0.5, 0.6) is 0 Å². The van der Waals surface area contributed by atoms with Crippen LogP contribution in [0.2, 0.25) is 0 Å². The monoisotopic (exact) mass is 259 g/mol. The van der Waals surface area contributed by atoms with Gasteiger partial charge in [-0.15, -0.1) is 4.98 Å². The summed E-state index contributed by atoms with van der Waals surface area (Å²) in [6.07, 6.45) is 12.1. The zero-order chi connectivity index (χ0) is 13.8. The third-order valence-electron chi connectivity index (χ3n) is 3.25. The number of hydrogen-bond donors (Lipinski definition) is 0. The van der Waals surface area contributed by atoms with Gasteiger partial charge in [-0.05, 0) is 17.7 Å². The molecular formula is C17H13N3. The third-order valence-corrected chi connectivity index (χ3v) is 3.25. The molecule has 0 fully saturated rings. The minimum atomic E-state index is 0.493. The van der Waals surface area contributed by atoms with E-state index >= 15 is 0 Å². The molecule has 2 aliphatic carbocycles. The predicted octanol–water partition coefficient (Wildman–Crippen LogP) is 3.85. The Bertz CT molecular complexity index is 736. The molecule has 96 valence electrons. The molecule has 0 N–H and O–H groups in total. The number of pyridine rings is 2. The highest BCUT2D eigenvalue weighted by molar-refractivity contribution is 5.60. The van der Waals surface area contributed by atoms with Gasteiger partial charge in [-0.25, -0.2) is 0 Å². The zero-order valence-electron chi connectivity index (χ0n) is 11.0. The zero-order valence-corrected chi connectivity index (χ0v) is 11.0. The van der Waals surface area contributed by atoms with E-state index in [2.05, 4.69) is 39.1 Å². The second-order valence-electron chi connectivity index (χ2n) is 4.57. The lowest BCUT2D eigenvalue weighted by atomic mass is 10.2. The smallest absolute Gasteiger partial charge is 0.269 e. The van der Waals surface area contributed by atoms with Crippen molar-refractivity contribution in [2.75, 3.05) is 0 Å². The van der Waals surface area contributed by atoms with Gasteiger partial charge in [-0.3, -0.25) is 4.98 Å². The van der Waals surface area contributed by atoms with Crippen molar-refractivity contribution < 1.29 is 0 Å². The van der Waals surface area contributed by atoms with Gasteiger partial charge in [0.1, 0.15) is 5.69 Å². The van der Waals surface area contributed by atoms with Crippen LogP contribution < -0.4 is 0 Å². The van der Waals surface area contributed by atoms with Crippen molar-refractivity contribution in [3.8, 4) is 0 Å². The van der Waals surface area contributed by atoms with Crippen molar-refractivity contribution >= 4 is 18.0 Å². The van der Waals surface area contributed by atoms with Gasteiger partial charge in [0.2, 0.25) is 0 Å². The summed E-state index contributed by atoms with van der Waals surface area (Å²) in [4.78, 5) is 11.6. The van der Waals surface area contributed by atoms with Gasteiger partial charge in [0.25, 0.3) is 5.82 Å². The van der Waals surface area contributed by atoms with Gasteiger partial charge < -0.3 is 4.85 Å². The first-order valence-corrected chi connectivity index (χ1v) is 6.51. The summed E-state index contributed by atoms with van der Waals surface area (Å²) < 4.78 is 0. The molecule has 2 aromatic rings. The van der Waals surface area contributed by atoms with E-state index in [0.29, 0.717) is 5.82 Å². The predicted molar refractivity (Wildman–Crippen MR) is 80.2 cm³/mol. The highest BCUT2D eigenvalue weighted by Crippen LogP contribution is 2.20. The molecule has 0 unspecified atom stereocenters. The van der Waals surface area contributed by atoms with Gasteiger partial charge in [0.05, 0.1) is 5.69 Å². The van der Waals surface area contributed by atoms with E-state index in [-0.39, 0.29) is 0 Å².